The molecule has 0 bridgehead atoms. The number of hydrogen-bond donors (Lipinski definition) is 2. The van der Waals surface area contributed by atoms with Gasteiger partial charge >= 0.3 is 5.97 Å². The Bertz CT molecular complexity index is 1210. The predicted octanol–water partition coefficient (Wildman–Crippen LogP) is 3.80. The monoisotopic (exact) mass is 401 g/mol. The largest absolute Gasteiger partial charge is 0.483 e. The van der Waals surface area contributed by atoms with Crippen molar-refractivity contribution in [3.05, 3.63) is 90.3 Å². The van der Waals surface area contributed by atoms with E-state index in [1.165, 1.54) is 12.1 Å². The SMILES string of the molecule is O=C(COc1ccccc1C(=O)O)Nc1nccn1Cc1cccc2ccccc12. The number of hydrogen-bond acceptors (Lipinski definition) is 4. The number of ether oxygens (including phenoxy) is 1. The van der Waals surface area contributed by atoms with E-state index in [-0.39, 0.29) is 17.9 Å². The van der Waals surface area contributed by atoms with E-state index < -0.39 is 11.9 Å². The first kappa shape index (κ1) is 19.2. The molecule has 0 aliphatic rings. The molecule has 4 aromatic rings. The van der Waals surface area contributed by atoms with Crippen LogP contribution in [-0.4, -0.2) is 33.1 Å². The number of nitrogens with one attached hydrogen (secondary N) is 1. The van der Waals surface area contributed by atoms with Gasteiger partial charge in [0, 0.05) is 12.4 Å². The lowest BCUT2D eigenvalue weighted by Gasteiger charge is -2.12. The number of rotatable bonds is 7. The van der Waals surface area contributed by atoms with Gasteiger partial charge in [0.25, 0.3) is 5.91 Å². The summed E-state index contributed by atoms with van der Waals surface area (Å²) in [4.78, 5) is 27.8. The number of carbonyl (C=O) groups excluding carboxylic acids is 1. The molecule has 0 fully saturated rings. The molecular formula is C23H19N3O4. The average Bonchev–Trinajstić information content (AvgIpc) is 3.19. The number of nitrogens with zero attached hydrogens (tertiary/aromatic N) is 2. The fourth-order valence-corrected chi connectivity index (χ4v) is 3.25. The van der Waals surface area contributed by atoms with Crippen molar-refractivity contribution in [2.24, 2.45) is 0 Å². The van der Waals surface area contributed by atoms with Crippen LogP contribution >= 0.6 is 0 Å². The van der Waals surface area contributed by atoms with Gasteiger partial charge < -0.3 is 14.4 Å². The first-order chi connectivity index (χ1) is 14.6. The van der Waals surface area contributed by atoms with Crippen molar-refractivity contribution in [2.75, 3.05) is 11.9 Å². The lowest BCUT2D eigenvalue weighted by molar-refractivity contribution is -0.118. The van der Waals surface area contributed by atoms with Gasteiger partial charge in [-0.15, -0.1) is 0 Å². The van der Waals surface area contributed by atoms with E-state index in [9.17, 15) is 14.7 Å². The third kappa shape index (κ3) is 4.15. The highest BCUT2D eigenvalue weighted by Gasteiger charge is 2.13. The van der Waals surface area contributed by atoms with Gasteiger partial charge in [-0.05, 0) is 28.5 Å². The molecule has 0 radical (unpaired) electrons. The Morgan fingerprint density at radius 1 is 1.00 bits per heavy atom. The Morgan fingerprint density at radius 3 is 2.63 bits per heavy atom. The number of anilines is 1. The molecule has 7 nitrogen and oxygen atoms in total. The Balaban J connectivity index is 1.45. The molecule has 0 saturated heterocycles. The maximum absolute atomic E-state index is 12.3. The van der Waals surface area contributed by atoms with Gasteiger partial charge in [-0.25, -0.2) is 9.78 Å². The molecular weight excluding hydrogens is 382 g/mol. The molecule has 0 aliphatic heterocycles. The van der Waals surface area contributed by atoms with Crippen molar-refractivity contribution in [1.82, 2.24) is 9.55 Å². The smallest absolute Gasteiger partial charge is 0.339 e. The van der Waals surface area contributed by atoms with E-state index in [2.05, 4.69) is 28.5 Å². The number of carboxylic acids is 1. The highest BCUT2D eigenvalue weighted by Crippen LogP contribution is 2.21. The number of fused-ring (bicyclic) bond motifs is 1. The predicted molar refractivity (Wildman–Crippen MR) is 113 cm³/mol. The van der Waals surface area contributed by atoms with Crippen LogP contribution in [0.25, 0.3) is 10.8 Å². The molecule has 1 heterocycles. The third-order valence-corrected chi connectivity index (χ3v) is 4.66. The normalized spacial score (nSPS) is 10.7. The summed E-state index contributed by atoms with van der Waals surface area (Å²) < 4.78 is 7.23. The van der Waals surface area contributed by atoms with E-state index in [0.717, 1.165) is 16.3 Å². The molecule has 0 atom stereocenters. The number of carbonyl (C=O) groups is 2. The molecule has 3 aromatic carbocycles. The van der Waals surface area contributed by atoms with Crippen molar-refractivity contribution in [2.45, 2.75) is 6.54 Å². The number of imidazole rings is 1. The Hall–Kier alpha value is -4.13. The van der Waals surface area contributed by atoms with Gasteiger partial charge in [-0.3, -0.25) is 10.1 Å². The lowest BCUT2D eigenvalue weighted by atomic mass is 10.0. The van der Waals surface area contributed by atoms with Crippen LogP contribution in [0.4, 0.5) is 5.95 Å². The summed E-state index contributed by atoms with van der Waals surface area (Å²) in [7, 11) is 0. The molecule has 150 valence electrons. The number of aromatic carboxylic acids is 1. The van der Waals surface area contributed by atoms with E-state index in [0.29, 0.717) is 12.5 Å². The standard InChI is InChI=1S/C23H19N3O4/c27-21(15-30-20-11-4-3-10-19(20)22(28)29)25-23-24-12-13-26(23)14-17-8-5-7-16-6-1-2-9-18(16)17/h1-13H,14-15H2,(H,28,29)(H,24,25,27). The van der Waals surface area contributed by atoms with Crippen LogP contribution in [0.2, 0.25) is 0 Å². The quantitative estimate of drug-likeness (QED) is 0.491. The molecule has 0 saturated carbocycles. The summed E-state index contributed by atoms with van der Waals surface area (Å²) in [6, 6.07) is 20.4. The van der Waals surface area contributed by atoms with Crippen molar-refractivity contribution in [3.8, 4) is 5.75 Å². The van der Waals surface area contributed by atoms with Crippen molar-refractivity contribution in [3.63, 3.8) is 0 Å². The second-order valence-corrected chi connectivity index (χ2v) is 6.66. The average molecular weight is 401 g/mol. The highest BCUT2D eigenvalue weighted by molar-refractivity contribution is 5.92. The van der Waals surface area contributed by atoms with Crippen LogP contribution in [-0.2, 0) is 11.3 Å². The molecule has 0 unspecified atom stereocenters. The van der Waals surface area contributed by atoms with Gasteiger partial charge in [0.2, 0.25) is 5.95 Å². The molecule has 2 N–H and O–H groups in total. The minimum atomic E-state index is -1.11. The lowest BCUT2D eigenvalue weighted by Crippen LogP contribution is -2.23. The van der Waals surface area contributed by atoms with E-state index in [1.54, 1.807) is 24.5 Å². The molecule has 4 rings (SSSR count). The molecule has 1 aromatic heterocycles. The zero-order valence-corrected chi connectivity index (χ0v) is 16.0. The summed E-state index contributed by atoms with van der Waals surface area (Å²) in [5.74, 6) is -1.01. The zero-order valence-electron chi connectivity index (χ0n) is 16.0. The minimum Gasteiger partial charge on any atom is -0.483 e. The first-order valence-electron chi connectivity index (χ1n) is 9.34. The van der Waals surface area contributed by atoms with E-state index in [4.69, 9.17) is 4.74 Å². The molecule has 7 heteroatoms. The highest BCUT2D eigenvalue weighted by atomic mass is 16.5. The van der Waals surface area contributed by atoms with Crippen molar-refractivity contribution < 1.29 is 19.4 Å². The van der Waals surface area contributed by atoms with E-state index in [1.807, 2.05) is 28.8 Å². The fourth-order valence-electron chi connectivity index (χ4n) is 3.25. The summed E-state index contributed by atoms with van der Waals surface area (Å²) in [5, 5.41) is 14.2. The molecule has 0 aliphatic carbocycles. The Morgan fingerprint density at radius 2 is 1.77 bits per heavy atom. The first-order valence-corrected chi connectivity index (χ1v) is 9.34. The van der Waals surface area contributed by atoms with Gasteiger partial charge in [0.05, 0.1) is 6.54 Å². The van der Waals surface area contributed by atoms with Gasteiger partial charge in [0.15, 0.2) is 6.61 Å². The second kappa shape index (κ2) is 8.48. The Labute approximate surface area is 172 Å². The van der Waals surface area contributed by atoms with Gasteiger partial charge in [0.1, 0.15) is 11.3 Å². The molecule has 30 heavy (non-hydrogen) atoms. The maximum Gasteiger partial charge on any atom is 0.339 e. The Kier molecular flexibility index (Phi) is 5.43. The maximum atomic E-state index is 12.3. The van der Waals surface area contributed by atoms with Crippen molar-refractivity contribution >= 4 is 28.6 Å². The van der Waals surface area contributed by atoms with Crippen LogP contribution in [0.3, 0.4) is 0 Å². The summed E-state index contributed by atoms with van der Waals surface area (Å²) in [5.41, 5.74) is 1.11. The van der Waals surface area contributed by atoms with Crippen LogP contribution in [0, 0.1) is 0 Å². The fraction of sp³-hybridized carbons (Fsp3) is 0.0870. The van der Waals surface area contributed by atoms with E-state index >= 15 is 0 Å². The van der Waals surface area contributed by atoms with Crippen LogP contribution in [0.5, 0.6) is 5.75 Å². The number of amides is 1. The molecule has 1 amide bonds. The van der Waals surface area contributed by atoms with Crippen LogP contribution in [0.1, 0.15) is 15.9 Å². The minimum absolute atomic E-state index is 0.00255. The second-order valence-electron chi connectivity index (χ2n) is 6.66. The topological polar surface area (TPSA) is 93.5 Å². The third-order valence-electron chi connectivity index (χ3n) is 4.66. The number of para-hydroxylation sites is 1. The van der Waals surface area contributed by atoms with Gasteiger partial charge in [-0.1, -0.05) is 54.6 Å². The summed E-state index contributed by atoms with van der Waals surface area (Å²) >= 11 is 0. The van der Waals surface area contributed by atoms with Gasteiger partial charge in [-0.2, -0.15) is 0 Å². The number of carboxylic acid groups (broad SMARTS) is 1. The van der Waals surface area contributed by atoms with Crippen molar-refractivity contribution in [1.29, 1.82) is 0 Å². The molecule has 0 spiro atoms. The zero-order chi connectivity index (χ0) is 20.9. The number of benzene rings is 3. The number of aromatic nitrogens is 2. The summed E-state index contributed by atoms with van der Waals surface area (Å²) in [6.45, 7) is 0.213. The van der Waals surface area contributed by atoms with Crippen LogP contribution < -0.4 is 10.1 Å². The summed E-state index contributed by atoms with van der Waals surface area (Å²) in [6.07, 6.45) is 3.40. The van der Waals surface area contributed by atoms with Crippen LogP contribution in [0.15, 0.2) is 79.1 Å².